The molecule has 40 heavy (non-hydrogen) atoms. The molecular formula is C32H25FN2O5. The number of carbonyl (C=O) groups is 1. The van der Waals surface area contributed by atoms with Crippen LogP contribution in [-0.4, -0.2) is 12.6 Å². The zero-order valence-corrected chi connectivity index (χ0v) is 21.6. The van der Waals surface area contributed by atoms with Crippen molar-refractivity contribution in [2.75, 3.05) is 6.61 Å². The number of hydrogen-bond donors (Lipinski definition) is 1. The van der Waals surface area contributed by atoms with Crippen molar-refractivity contribution < 1.29 is 28.1 Å². The summed E-state index contributed by atoms with van der Waals surface area (Å²) in [7, 11) is 0. The van der Waals surface area contributed by atoms with E-state index in [1.165, 1.54) is 12.1 Å². The van der Waals surface area contributed by atoms with Gasteiger partial charge in [-0.2, -0.15) is 5.26 Å². The monoisotopic (exact) mass is 536 g/mol. The van der Waals surface area contributed by atoms with Gasteiger partial charge in [0.05, 0.1) is 18.1 Å². The summed E-state index contributed by atoms with van der Waals surface area (Å²) < 4.78 is 35.9. The highest BCUT2D eigenvalue weighted by molar-refractivity contribution is 5.91. The molecule has 200 valence electrons. The fourth-order valence-corrected chi connectivity index (χ4v) is 4.39. The maximum absolute atomic E-state index is 13.2. The molecule has 0 fully saturated rings. The van der Waals surface area contributed by atoms with Crippen molar-refractivity contribution in [2.24, 2.45) is 5.73 Å². The molecule has 0 saturated carbocycles. The first-order valence-electron chi connectivity index (χ1n) is 12.6. The second-order valence-corrected chi connectivity index (χ2v) is 8.96. The number of halogens is 1. The molecule has 0 amide bonds. The largest absolute Gasteiger partial charge is 0.494 e. The number of benzene rings is 4. The summed E-state index contributed by atoms with van der Waals surface area (Å²) in [6.45, 7) is 2.66. The van der Waals surface area contributed by atoms with E-state index in [2.05, 4.69) is 6.07 Å². The predicted molar refractivity (Wildman–Crippen MR) is 145 cm³/mol. The Morgan fingerprint density at radius 2 is 1.70 bits per heavy atom. The van der Waals surface area contributed by atoms with E-state index in [9.17, 15) is 14.4 Å². The molecule has 0 aliphatic carbocycles. The smallest absolute Gasteiger partial charge is 0.343 e. The molecule has 0 saturated heterocycles. The zero-order chi connectivity index (χ0) is 28.1. The van der Waals surface area contributed by atoms with Crippen LogP contribution in [0.4, 0.5) is 4.39 Å². The maximum Gasteiger partial charge on any atom is 0.343 e. The normalized spacial score (nSPS) is 14.0. The third kappa shape index (κ3) is 5.74. The van der Waals surface area contributed by atoms with Gasteiger partial charge in [0.25, 0.3) is 0 Å². The number of hydrogen-bond acceptors (Lipinski definition) is 7. The van der Waals surface area contributed by atoms with Crippen LogP contribution in [0.5, 0.6) is 23.0 Å². The van der Waals surface area contributed by atoms with Gasteiger partial charge in [-0.1, -0.05) is 30.3 Å². The van der Waals surface area contributed by atoms with Crippen LogP contribution in [0.1, 0.15) is 39.9 Å². The van der Waals surface area contributed by atoms with Crippen LogP contribution in [0.25, 0.3) is 0 Å². The second-order valence-electron chi connectivity index (χ2n) is 8.96. The van der Waals surface area contributed by atoms with Gasteiger partial charge in [0.1, 0.15) is 47.1 Å². The lowest BCUT2D eigenvalue weighted by Crippen LogP contribution is -2.21. The van der Waals surface area contributed by atoms with Gasteiger partial charge in [-0.3, -0.25) is 0 Å². The number of nitrogens with two attached hydrogens (primary N) is 1. The van der Waals surface area contributed by atoms with Crippen LogP contribution in [0.15, 0.2) is 102 Å². The lowest BCUT2D eigenvalue weighted by atomic mass is 9.83. The molecule has 0 spiro atoms. The van der Waals surface area contributed by atoms with Crippen LogP contribution < -0.4 is 24.7 Å². The Hall–Kier alpha value is -5.29. The number of carbonyl (C=O) groups excluding carboxylic acids is 1. The Kier molecular flexibility index (Phi) is 7.65. The summed E-state index contributed by atoms with van der Waals surface area (Å²) in [6.07, 6.45) is 0. The number of ether oxygens (including phenoxy) is 4. The molecule has 4 aromatic carbocycles. The average molecular weight is 537 g/mol. The Labute approximate surface area is 230 Å². The third-order valence-electron chi connectivity index (χ3n) is 6.31. The van der Waals surface area contributed by atoms with Gasteiger partial charge in [-0.05, 0) is 72.6 Å². The molecule has 4 aromatic rings. The molecule has 1 aliphatic heterocycles. The molecule has 8 heteroatoms. The van der Waals surface area contributed by atoms with Gasteiger partial charge in [0.15, 0.2) is 0 Å². The number of allylic oxidation sites excluding steroid dienone is 1. The number of rotatable bonds is 8. The van der Waals surface area contributed by atoms with Crippen molar-refractivity contribution in [3.63, 3.8) is 0 Å². The lowest BCUT2D eigenvalue weighted by molar-refractivity contribution is 0.0734. The minimum atomic E-state index is -0.539. The van der Waals surface area contributed by atoms with Gasteiger partial charge in [-0.25, -0.2) is 9.18 Å². The van der Waals surface area contributed by atoms with Crippen molar-refractivity contribution in [1.29, 1.82) is 5.26 Å². The molecular weight excluding hydrogens is 511 g/mol. The molecule has 0 aromatic heterocycles. The quantitative estimate of drug-likeness (QED) is 0.210. The third-order valence-corrected chi connectivity index (χ3v) is 6.31. The second kappa shape index (κ2) is 11.6. The molecule has 0 bridgehead atoms. The van der Waals surface area contributed by atoms with Crippen molar-refractivity contribution in [1.82, 2.24) is 0 Å². The van der Waals surface area contributed by atoms with Crippen molar-refractivity contribution in [3.05, 3.63) is 131 Å². The van der Waals surface area contributed by atoms with Crippen LogP contribution in [-0.2, 0) is 6.61 Å². The summed E-state index contributed by atoms with van der Waals surface area (Å²) in [5.41, 5.74) is 9.03. The highest BCUT2D eigenvalue weighted by Crippen LogP contribution is 2.44. The van der Waals surface area contributed by atoms with Crippen LogP contribution in [0.3, 0.4) is 0 Å². The van der Waals surface area contributed by atoms with E-state index in [-0.39, 0.29) is 29.6 Å². The van der Waals surface area contributed by atoms with Crippen molar-refractivity contribution in [3.8, 4) is 29.1 Å². The molecule has 1 heterocycles. The number of fused-ring (bicyclic) bond motifs is 1. The fraction of sp³-hybridized carbons (Fsp3) is 0.125. The van der Waals surface area contributed by atoms with E-state index in [1.54, 1.807) is 60.7 Å². The van der Waals surface area contributed by atoms with Crippen LogP contribution >= 0.6 is 0 Å². The van der Waals surface area contributed by atoms with E-state index in [0.29, 0.717) is 35.0 Å². The predicted octanol–water partition coefficient (Wildman–Crippen LogP) is 6.24. The highest BCUT2D eigenvalue weighted by atomic mass is 19.1. The molecule has 0 radical (unpaired) electrons. The molecule has 5 rings (SSSR count). The summed E-state index contributed by atoms with van der Waals surface area (Å²) >= 11 is 0. The molecule has 1 atom stereocenters. The minimum absolute atomic E-state index is 0.0346. The minimum Gasteiger partial charge on any atom is -0.494 e. The number of nitrogens with zero attached hydrogens (tertiary/aromatic N) is 1. The topological polar surface area (TPSA) is 104 Å². The first-order valence-corrected chi connectivity index (χ1v) is 12.6. The number of nitriles is 1. The van der Waals surface area contributed by atoms with E-state index in [1.807, 2.05) is 25.1 Å². The standard InChI is InChI=1S/C32H25FN2O5/c1-2-37-24-12-8-21(9-13-24)32(36)39-26-14-15-27-29(17-26)40-31(35)28(18-34)30(27)22-4-3-5-25(16-22)38-19-20-6-10-23(33)11-7-20/h3-17,30H,2,19,35H2,1H3. The summed E-state index contributed by atoms with van der Waals surface area (Å²) in [6, 6.07) is 27.2. The van der Waals surface area contributed by atoms with Gasteiger partial charge in [0, 0.05) is 11.6 Å². The Morgan fingerprint density at radius 1 is 0.950 bits per heavy atom. The summed E-state index contributed by atoms with van der Waals surface area (Å²) in [5.74, 6) is 0.456. The first kappa shape index (κ1) is 26.3. The summed E-state index contributed by atoms with van der Waals surface area (Å²) in [5, 5.41) is 9.91. The van der Waals surface area contributed by atoms with E-state index in [0.717, 1.165) is 11.1 Å². The van der Waals surface area contributed by atoms with Crippen LogP contribution in [0.2, 0.25) is 0 Å². The molecule has 7 nitrogen and oxygen atoms in total. The maximum atomic E-state index is 13.2. The van der Waals surface area contributed by atoms with Gasteiger partial charge >= 0.3 is 5.97 Å². The molecule has 2 N–H and O–H groups in total. The van der Waals surface area contributed by atoms with Gasteiger partial charge < -0.3 is 24.7 Å². The average Bonchev–Trinajstić information content (AvgIpc) is 2.97. The first-order chi connectivity index (χ1) is 19.4. The van der Waals surface area contributed by atoms with E-state index < -0.39 is 11.9 Å². The fourth-order valence-electron chi connectivity index (χ4n) is 4.39. The molecule has 1 unspecified atom stereocenters. The molecule has 1 aliphatic rings. The van der Waals surface area contributed by atoms with Crippen LogP contribution in [0, 0.1) is 17.1 Å². The SMILES string of the molecule is CCOc1ccc(C(=O)Oc2ccc3c(c2)OC(N)=C(C#N)C3c2cccc(OCc3ccc(F)cc3)c2)cc1. The van der Waals surface area contributed by atoms with Gasteiger partial charge in [-0.15, -0.1) is 0 Å². The van der Waals surface area contributed by atoms with E-state index >= 15 is 0 Å². The number of esters is 1. The lowest BCUT2D eigenvalue weighted by Gasteiger charge is -2.27. The van der Waals surface area contributed by atoms with Crippen molar-refractivity contribution >= 4 is 5.97 Å². The Bertz CT molecular complexity index is 1610. The Morgan fingerprint density at radius 3 is 2.42 bits per heavy atom. The highest BCUT2D eigenvalue weighted by Gasteiger charge is 2.31. The van der Waals surface area contributed by atoms with Crippen molar-refractivity contribution in [2.45, 2.75) is 19.4 Å². The summed E-state index contributed by atoms with van der Waals surface area (Å²) in [4.78, 5) is 12.7. The Balaban J connectivity index is 1.38. The zero-order valence-electron chi connectivity index (χ0n) is 21.6. The van der Waals surface area contributed by atoms with Gasteiger partial charge in [0.2, 0.25) is 5.88 Å². The van der Waals surface area contributed by atoms with E-state index in [4.69, 9.17) is 24.7 Å².